The molecule has 1 aromatic heterocycles. The van der Waals surface area contributed by atoms with Crippen molar-refractivity contribution < 1.29 is 13.9 Å². The molecule has 0 aliphatic heterocycles. The van der Waals surface area contributed by atoms with Gasteiger partial charge in [-0.15, -0.1) is 0 Å². The molecule has 0 aliphatic rings. The first-order valence-corrected chi connectivity index (χ1v) is 4.98. The molecule has 0 aliphatic carbocycles. The molecule has 1 aromatic rings. The van der Waals surface area contributed by atoms with Crippen molar-refractivity contribution in [1.29, 1.82) is 0 Å². The molecule has 0 spiro atoms. The molecule has 1 rings (SSSR count). The molecular formula is C11H17NO3. The Labute approximate surface area is 89.6 Å². The third-order valence-electron chi connectivity index (χ3n) is 1.71. The van der Waals surface area contributed by atoms with E-state index in [0.717, 1.165) is 0 Å². The SMILES string of the molecule is CC(C)c1ocnc1C(=O)OC(C)(C)C. The molecule has 0 bridgehead atoms. The number of carbonyl (C=O) groups excluding carboxylic acids is 1. The monoisotopic (exact) mass is 211 g/mol. The molecule has 4 heteroatoms. The largest absolute Gasteiger partial charge is 0.455 e. The van der Waals surface area contributed by atoms with Crippen LogP contribution in [0.2, 0.25) is 0 Å². The van der Waals surface area contributed by atoms with Gasteiger partial charge in [0, 0.05) is 5.92 Å². The molecule has 1 heterocycles. The molecule has 4 nitrogen and oxygen atoms in total. The van der Waals surface area contributed by atoms with E-state index >= 15 is 0 Å². The van der Waals surface area contributed by atoms with Crippen LogP contribution in [0.3, 0.4) is 0 Å². The van der Waals surface area contributed by atoms with Gasteiger partial charge in [-0.1, -0.05) is 13.8 Å². The first-order chi connectivity index (χ1) is 6.81. The van der Waals surface area contributed by atoms with Crippen LogP contribution in [0.4, 0.5) is 0 Å². The van der Waals surface area contributed by atoms with Gasteiger partial charge >= 0.3 is 5.97 Å². The summed E-state index contributed by atoms with van der Waals surface area (Å²) in [6.07, 6.45) is 1.27. The van der Waals surface area contributed by atoms with Crippen molar-refractivity contribution in [2.45, 2.75) is 46.1 Å². The maximum absolute atomic E-state index is 11.7. The van der Waals surface area contributed by atoms with Crippen molar-refractivity contribution in [3.8, 4) is 0 Å². The summed E-state index contributed by atoms with van der Waals surface area (Å²) in [5.41, 5.74) is -0.232. The highest BCUT2D eigenvalue weighted by Gasteiger charge is 2.24. The number of aromatic nitrogens is 1. The summed E-state index contributed by atoms with van der Waals surface area (Å²) in [5.74, 6) is 0.263. The van der Waals surface area contributed by atoms with Gasteiger partial charge in [0.25, 0.3) is 0 Å². The van der Waals surface area contributed by atoms with Crippen molar-refractivity contribution in [2.24, 2.45) is 0 Å². The average Bonchev–Trinajstić information content (AvgIpc) is 2.47. The van der Waals surface area contributed by atoms with Gasteiger partial charge in [0.05, 0.1) is 0 Å². The predicted octanol–water partition coefficient (Wildman–Crippen LogP) is 2.75. The summed E-state index contributed by atoms with van der Waals surface area (Å²) in [7, 11) is 0. The Morgan fingerprint density at radius 2 is 2.07 bits per heavy atom. The molecule has 0 unspecified atom stereocenters. The standard InChI is InChI=1S/C11H17NO3/c1-7(2)9-8(12-6-14-9)10(13)15-11(3,4)5/h6-7H,1-5H3. The summed E-state index contributed by atoms with van der Waals surface area (Å²) in [6.45, 7) is 9.34. The lowest BCUT2D eigenvalue weighted by atomic mass is 10.1. The highest BCUT2D eigenvalue weighted by molar-refractivity contribution is 5.88. The van der Waals surface area contributed by atoms with Crippen LogP contribution in [0.25, 0.3) is 0 Å². The fourth-order valence-electron chi connectivity index (χ4n) is 1.14. The highest BCUT2D eigenvalue weighted by atomic mass is 16.6. The summed E-state index contributed by atoms with van der Waals surface area (Å²) in [4.78, 5) is 15.6. The topological polar surface area (TPSA) is 52.3 Å². The van der Waals surface area contributed by atoms with Crippen LogP contribution in [0.1, 0.15) is 56.8 Å². The molecule has 84 valence electrons. The fourth-order valence-corrected chi connectivity index (χ4v) is 1.14. The van der Waals surface area contributed by atoms with Crippen molar-refractivity contribution in [1.82, 2.24) is 4.98 Å². The summed E-state index contributed by atoms with van der Waals surface area (Å²) in [6, 6.07) is 0. The van der Waals surface area contributed by atoms with Gasteiger partial charge < -0.3 is 9.15 Å². The second-order valence-corrected chi connectivity index (χ2v) is 4.72. The van der Waals surface area contributed by atoms with Crippen LogP contribution >= 0.6 is 0 Å². The molecule has 0 aromatic carbocycles. The molecule has 0 fully saturated rings. The lowest BCUT2D eigenvalue weighted by Crippen LogP contribution is -2.24. The lowest BCUT2D eigenvalue weighted by molar-refractivity contribution is 0.00607. The van der Waals surface area contributed by atoms with Gasteiger partial charge in [-0.2, -0.15) is 0 Å². The Morgan fingerprint density at radius 1 is 1.47 bits per heavy atom. The summed E-state index contributed by atoms with van der Waals surface area (Å²) in [5, 5.41) is 0. The van der Waals surface area contributed by atoms with Crippen LogP contribution in [-0.2, 0) is 4.74 Å². The van der Waals surface area contributed by atoms with E-state index in [1.54, 1.807) is 0 Å². The average molecular weight is 211 g/mol. The maximum atomic E-state index is 11.7. The molecular weight excluding hydrogens is 194 g/mol. The Morgan fingerprint density at radius 3 is 2.53 bits per heavy atom. The van der Waals surface area contributed by atoms with E-state index in [4.69, 9.17) is 9.15 Å². The third kappa shape index (κ3) is 3.08. The molecule has 0 N–H and O–H groups in total. The van der Waals surface area contributed by atoms with E-state index in [-0.39, 0.29) is 11.6 Å². The number of nitrogens with zero attached hydrogens (tertiary/aromatic N) is 1. The van der Waals surface area contributed by atoms with Gasteiger partial charge in [-0.3, -0.25) is 0 Å². The van der Waals surface area contributed by atoms with E-state index in [9.17, 15) is 4.79 Å². The Hall–Kier alpha value is -1.32. The molecule has 0 radical (unpaired) electrons. The van der Waals surface area contributed by atoms with E-state index in [1.807, 2.05) is 34.6 Å². The normalized spacial score (nSPS) is 11.9. The van der Waals surface area contributed by atoms with Gasteiger partial charge in [0.15, 0.2) is 12.1 Å². The third-order valence-corrected chi connectivity index (χ3v) is 1.71. The van der Waals surface area contributed by atoms with Crippen LogP contribution in [0.15, 0.2) is 10.8 Å². The second kappa shape index (κ2) is 4.04. The summed E-state index contributed by atoms with van der Waals surface area (Å²) < 4.78 is 10.4. The zero-order valence-corrected chi connectivity index (χ0v) is 9.83. The predicted molar refractivity (Wildman–Crippen MR) is 55.8 cm³/mol. The minimum Gasteiger partial charge on any atom is -0.455 e. The number of hydrogen-bond donors (Lipinski definition) is 0. The van der Waals surface area contributed by atoms with Crippen molar-refractivity contribution in [3.63, 3.8) is 0 Å². The molecule has 15 heavy (non-hydrogen) atoms. The van der Waals surface area contributed by atoms with Crippen molar-refractivity contribution in [2.75, 3.05) is 0 Å². The van der Waals surface area contributed by atoms with Gasteiger partial charge in [-0.25, -0.2) is 9.78 Å². The van der Waals surface area contributed by atoms with E-state index in [2.05, 4.69) is 4.98 Å². The Balaban J connectivity index is 2.87. The van der Waals surface area contributed by atoms with Crippen LogP contribution in [-0.4, -0.2) is 16.6 Å². The molecule has 0 saturated carbocycles. The minimum absolute atomic E-state index is 0.120. The van der Waals surface area contributed by atoms with Crippen LogP contribution in [0.5, 0.6) is 0 Å². The number of ether oxygens (including phenoxy) is 1. The van der Waals surface area contributed by atoms with Crippen LogP contribution in [0, 0.1) is 0 Å². The van der Waals surface area contributed by atoms with Gasteiger partial charge in [0.2, 0.25) is 0 Å². The zero-order valence-electron chi connectivity index (χ0n) is 9.83. The zero-order chi connectivity index (χ0) is 11.6. The van der Waals surface area contributed by atoms with Gasteiger partial charge in [-0.05, 0) is 20.8 Å². The number of rotatable bonds is 2. The number of hydrogen-bond acceptors (Lipinski definition) is 4. The fraction of sp³-hybridized carbons (Fsp3) is 0.636. The lowest BCUT2D eigenvalue weighted by Gasteiger charge is -2.19. The van der Waals surface area contributed by atoms with E-state index in [1.165, 1.54) is 6.39 Å². The quantitative estimate of drug-likeness (QED) is 0.706. The van der Waals surface area contributed by atoms with Crippen molar-refractivity contribution >= 4 is 5.97 Å². The Kier molecular flexibility index (Phi) is 3.17. The first-order valence-electron chi connectivity index (χ1n) is 4.98. The minimum atomic E-state index is -0.510. The number of carbonyl (C=O) groups is 1. The number of esters is 1. The maximum Gasteiger partial charge on any atom is 0.361 e. The first kappa shape index (κ1) is 11.8. The Bertz CT molecular complexity index is 347. The van der Waals surface area contributed by atoms with Gasteiger partial charge in [0.1, 0.15) is 11.4 Å². The van der Waals surface area contributed by atoms with E-state index in [0.29, 0.717) is 5.76 Å². The highest BCUT2D eigenvalue weighted by Crippen LogP contribution is 2.20. The van der Waals surface area contributed by atoms with E-state index < -0.39 is 11.6 Å². The molecule has 0 saturated heterocycles. The molecule has 0 atom stereocenters. The smallest absolute Gasteiger partial charge is 0.361 e. The number of oxazole rings is 1. The second-order valence-electron chi connectivity index (χ2n) is 4.72. The van der Waals surface area contributed by atoms with Crippen LogP contribution < -0.4 is 0 Å². The van der Waals surface area contributed by atoms with Crippen molar-refractivity contribution in [3.05, 3.63) is 17.8 Å². The summed E-state index contributed by atoms with van der Waals surface area (Å²) >= 11 is 0. The molecule has 0 amide bonds.